The van der Waals surface area contributed by atoms with Crippen molar-refractivity contribution < 1.29 is 9.59 Å². The molecule has 1 aliphatic carbocycles. The van der Waals surface area contributed by atoms with Gasteiger partial charge in [0.2, 0.25) is 11.8 Å². The van der Waals surface area contributed by atoms with Crippen LogP contribution in [0, 0.1) is 22.7 Å². The van der Waals surface area contributed by atoms with Gasteiger partial charge in [0.1, 0.15) is 11.2 Å². The average molecular weight is 448 g/mol. The summed E-state index contributed by atoms with van der Waals surface area (Å²) in [6.45, 7) is 3.72. The molecule has 2 amide bonds. The van der Waals surface area contributed by atoms with E-state index in [0.29, 0.717) is 30.5 Å². The highest BCUT2D eigenvalue weighted by Crippen LogP contribution is 2.52. The van der Waals surface area contributed by atoms with Gasteiger partial charge in [-0.1, -0.05) is 0 Å². The fourth-order valence-electron chi connectivity index (χ4n) is 5.34. The smallest absolute Gasteiger partial charge is 0.247 e. The van der Waals surface area contributed by atoms with Crippen LogP contribution in [-0.2, 0) is 16.6 Å². The van der Waals surface area contributed by atoms with Crippen molar-refractivity contribution in [1.82, 2.24) is 19.7 Å². The zero-order valence-electron chi connectivity index (χ0n) is 19.1. The van der Waals surface area contributed by atoms with Gasteiger partial charge < -0.3 is 15.1 Å². The molecule has 172 valence electrons. The van der Waals surface area contributed by atoms with Crippen LogP contribution in [0.25, 0.3) is 0 Å². The Hall–Kier alpha value is -3.41. The second kappa shape index (κ2) is 8.18. The fourth-order valence-corrected chi connectivity index (χ4v) is 5.34. The van der Waals surface area contributed by atoms with Crippen molar-refractivity contribution >= 4 is 29.1 Å². The summed E-state index contributed by atoms with van der Waals surface area (Å²) in [5, 5.41) is 17.6. The third kappa shape index (κ3) is 3.84. The highest BCUT2D eigenvalue weighted by molar-refractivity contribution is 6.02. The number of aromatic nitrogens is 3. The Kier molecular flexibility index (Phi) is 5.31. The molecule has 3 fully saturated rings. The molecule has 2 saturated heterocycles. The minimum atomic E-state index is -0.856. The number of carbonyl (C=O) groups is 2. The first kappa shape index (κ1) is 21.4. The topological polar surface area (TPSA) is 107 Å². The molecule has 2 aromatic rings. The van der Waals surface area contributed by atoms with Gasteiger partial charge in [0.25, 0.3) is 0 Å². The largest absolute Gasteiger partial charge is 0.343 e. The van der Waals surface area contributed by atoms with E-state index in [0.717, 1.165) is 50.2 Å². The second-order valence-corrected chi connectivity index (χ2v) is 9.45. The third-order valence-corrected chi connectivity index (χ3v) is 7.42. The summed E-state index contributed by atoms with van der Waals surface area (Å²) in [5.74, 6) is 1.92. The summed E-state index contributed by atoms with van der Waals surface area (Å²) in [7, 11) is 1.93. The fraction of sp³-hybridized carbons (Fsp3) is 0.542. The molecule has 0 radical (unpaired) electrons. The first-order chi connectivity index (χ1) is 15.9. The van der Waals surface area contributed by atoms with Crippen LogP contribution in [0.3, 0.4) is 0 Å². The predicted molar refractivity (Wildman–Crippen MR) is 123 cm³/mol. The SMILES string of the molecule is CC(=O)N1CCC(c2cc(Nc3cc(N4CC[C@@](C#N)(C5CC5)C4=O)ccn3)nn2C)CC1. The number of anilines is 3. The molecule has 9 nitrogen and oxygen atoms in total. The Morgan fingerprint density at radius 1 is 1.18 bits per heavy atom. The van der Waals surface area contributed by atoms with Crippen molar-refractivity contribution in [3.05, 3.63) is 30.1 Å². The third-order valence-electron chi connectivity index (χ3n) is 7.42. The Labute approximate surface area is 193 Å². The predicted octanol–water partition coefficient (Wildman–Crippen LogP) is 2.94. The summed E-state index contributed by atoms with van der Waals surface area (Å²) in [4.78, 5) is 32.7. The first-order valence-corrected chi connectivity index (χ1v) is 11.7. The van der Waals surface area contributed by atoms with Crippen molar-refractivity contribution in [2.75, 3.05) is 29.9 Å². The van der Waals surface area contributed by atoms with Gasteiger partial charge in [-0.2, -0.15) is 10.4 Å². The average Bonchev–Trinajstić information content (AvgIpc) is 3.52. The van der Waals surface area contributed by atoms with E-state index in [4.69, 9.17) is 0 Å². The van der Waals surface area contributed by atoms with E-state index >= 15 is 0 Å². The van der Waals surface area contributed by atoms with Gasteiger partial charge in [-0.25, -0.2) is 4.98 Å². The van der Waals surface area contributed by atoms with Crippen molar-refractivity contribution in [2.24, 2.45) is 18.4 Å². The molecule has 0 unspecified atom stereocenters. The number of amides is 2. The molecule has 0 aromatic carbocycles. The van der Waals surface area contributed by atoms with Gasteiger partial charge >= 0.3 is 0 Å². The molecule has 5 rings (SSSR count). The first-order valence-electron chi connectivity index (χ1n) is 11.7. The molecule has 0 spiro atoms. The van der Waals surface area contributed by atoms with Crippen molar-refractivity contribution in [1.29, 1.82) is 5.26 Å². The van der Waals surface area contributed by atoms with E-state index in [1.165, 1.54) is 0 Å². The molecule has 2 aromatic heterocycles. The van der Waals surface area contributed by atoms with Crippen LogP contribution in [0.15, 0.2) is 24.4 Å². The lowest BCUT2D eigenvalue weighted by atomic mass is 9.83. The summed E-state index contributed by atoms with van der Waals surface area (Å²) in [6.07, 6.45) is 6.04. The number of carbonyl (C=O) groups excluding carboxylic acids is 2. The van der Waals surface area contributed by atoms with E-state index in [-0.39, 0.29) is 17.7 Å². The minimum Gasteiger partial charge on any atom is -0.343 e. The van der Waals surface area contributed by atoms with Crippen LogP contribution in [0.4, 0.5) is 17.3 Å². The molecule has 2 aliphatic heterocycles. The van der Waals surface area contributed by atoms with Gasteiger partial charge in [-0.3, -0.25) is 14.3 Å². The number of likely N-dealkylation sites (tertiary alicyclic amines) is 1. The molecule has 1 atom stereocenters. The molecule has 3 aliphatic rings. The molecule has 1 N–H and O–H groups in total. The highest BCUT2D eigenvalue weighted by Gasteiger charge is 2.56. The maximum atomic E-state index is 13.1. The van der Waals surface area contributed by atoms with Crippen LogP contribution >= 0.6 is 0 Å². The van der Waals surface area contributed by atoms with Crippen molar-refractivity contribution in [3.63, 3.8) is 0 Å². The zero-order chi connectivity index (χ0) is 23.2. The van der Waals surface area contributed by atoms with E-state index in [2.05, 4.69) is 21.5 Å². The molecular formula is C24H29N7O2. The number of nitrogens with one attached hydrogen (secondary N) is 1. The number of nitriles is 1. The van der Waals surface area contributed by atoms with Gasteiger partial charge in [0, 0.05) is 69.2 Å². The highest BCUT2D eigenvalue weighted by atomic mass is 16.2. The normalized spacial score (nSPS) is 23.6. The number of hydrogen-bond acceptors (Lipinski definition) is 6. The molecular weight excluding hydrogens is 418 g/mol. The number of rotatable bonds is 5. The van der Waals surface area contributed by atoms with Crippen LogP contribution in [0.2, 0.25) is 0 Å². The summed E-state index contributed by atoms with van der Waals surface area (Å²) < 4.78 is 1.89. The van der Waals surface area contributed by atoms with Crippen molar-refractivity contribution in [3.8, 4) is 6.07 Å². The van der Waals surface area contributed by atoms with Crippen LogP contribution in [-0.4, -0.2) is 51.1 Å². The Morgan fingerprint density at radius 3 is 2.61 bits per heavy atom. The maximum absolute atomic E-state index is 13.1. The number of pyridine rings is 1. The molecule has 0 bridgehead atoms. The summed E-state index contributed by atoms with van der Waals surface area (Å²) in [6, 6.07) is 8.04. The Bertz CT molecular complexity index is 1120. The van der Waals surface area contributed by atoms with E-state index in [9.17, 15) is 14.9 Å². The Morgan fingerprint density at radius 2 is 1.94 bits per heavy atom. The quantitative estimate of drug-likeness (QED) is 0.755. The van der Waals surface area contributed by atoms with E-state index in [1.54, 1.807) is 18.0 Å². The molecule has 33 heavy (non-hydrogen) atoms. The van der Waals surface area contributed by atoms with Gasteiger partial charge in [-0.15, -0.1) is 0 Å². The summed E-state index contributed by atoms with van der Waals surface area (Å²) >= 11 is 0. The minimum absolute atomic E-state index is 0.0818. The van der Waals surface area contributed by atoms with Crippen molar-refractivity contribution in [2.45, 2.75) is 44.9 Å². The van der Waals surface area contributed by atoms with Gasteiger partial charge in [-0.05, 0) is 44.1 Å². The monoisotopic (exact) mass is 447 g/mol. The Balaban J connectivity index is 1.29. The van der Waals surface area contributed by atoms with E-state index in [1.807, 2.05) is 34.8 Å². The lowest BCUT2D eigenvalue weighted by Gasteiger charge is -2.31. The van der Waals surface area contributed by atoms with Crippen LogP contribution in [0.5, 0.6) is 0 Å². The van der Waals surface area contributed by atoms with Gasteiger partial charge in [0.15, 0.2) is 5.82 Å². The maximum Gasteiger partial charge on any atom is 0.247 e. The van der Waals surface area contributed by atoms with Gasteiger partial charge in [0.05, 0.1) is 6.07 Å². The molecule has 9 heteroatoms. The van der Waals surface area contributed by atoms with E-state index < -0.39 is 5.41 Å². The lowest BCUT2D eigenvalue weighted by Crippen LogP contribution is -2.36. The zero-order valence-corrected chi connectivity index (χ0v) is 19.1. The molecule has 1 saturated carbocycles. The van der Waals surface area contributed by atoms with Crippen LogP contribution in [0.1, 0.15) is 50.6 Å². The summed E-state index contributed by atoms with van der Waals surface area (Å²) in [5.41, 5.74) is 1.03. The lowest BCUT2D eigenvalue weighted by molar-refractivity contribution is -0.129. The molecule has 4 heterocycles. The number of piperidine rings is 1. The number of nitrogens with zero attached hydrogens (tertiary/aromatic N) is 6. The number of aryl methyl sites for hydroxylation is 1. The van der Waals surface area contributed by atoms with Crippen LogP contribution < -0.4 is 10.2 Å². The second-order valence-electron chi connectivity index (χ2n) is 9.45. The number of hydrogen-bond donors (Lipinski definition) is 1. The standard InChI is InChI=1S/C24H29N7O2/c1-16(32)30-10-6-17(7-11-30)20-14-22(28-29(20)2)27-21-13-19(5-9-26-21)31-12-8-24(15-25,23(31)33)18-3-4-18/h5,9,13-14,17-18H,3-4,6-8,10-12H2,1-2H3,(H,26,27,28)/t24-/m1/s1.